The van der Waals surface area contributed by atoms with Crippen molar-refractivity contribution in [3.63, 3.8) is 0 Å². The van der Waals surface area contributed by atoms with Gasteiger partial charge in [0.05, 0.1) is 28.6 Å². The number of aromatic nitrogens is 2. The van der Waals surface area contributed by atoms with E-state index in [-0.39, 0.29) is 11.9 Å². The van der Waals surface area contributed by atoms with Gasteiger partial charge in [0.15, 0.2) is 0 Å². The van der Waals surface area contributed by atoms with E-state index in [1.54, 1.807) is 22.5 Å². The number of nitrogens with zero attached hydrogens (tertiary/aromatic N) is 4. The summed E-state index contributed by atoms with van der Waals surface area (Å²) in [5.41, 5.74) is 4.47. The van der Waals surface area contributed by atoms with Crippen molar-refractivity contribution < 1.29 is 4.79 Å². The lowest BCUT2D eigenvalue weighted by molar-refractivity contribution is -0.132. The lowest BCUT2D eigenvalue weighted by atomic mass is 10.0. The summed E-state index contributed by atoms with van der Waals surface area (Å²) < 4.78 is 0. The number of hydrogen-bond donors (Lipinski definition) is 0. The molecule has 0 fully saturated rings. The molecule has 24 heavy (non-hydrogen) atoms. The molecule has 0 aliphatic carbocycles. The highest BCUT2D eigenvalue weighted by molar-refractivity contribution is 7.08. The first-order chi connectivity index (χ1) is 11.8. The van der Waals surface area contributed by atoms with Gasteiger partial charge in [-0.15, -0.1) is 0 Å². The standard InChI is InChI=1S/C18H16N4OS/c1-2-18(23)22-17(9-15(21-22)12-7-8-24-11-12)16-10-19-13-5-3-4-6-14(13)20-16/h3-8,10-11,17H,2,9H2,1H3/t17-/m0/s1. The Morgan fingerprint density at radius 1 is 1.29 bits per heavy atom. The Bertz CT molecular complexity index is 920. The summed E-state index contributed by atoms with van der Waals surface area (Å²) in [7, 11) is 0. The van der Waals surface area contributed by atoms with E-state index in [0.29, 0.717) is 12.8 Å². The van der Waals surface area contributed by atoms with Crippen molar-refractivity contribution >= 4 is 34.0 Å². The molecule has 0 bridgehead atoms. The number of fused-ring (bicyclic) bond motifs is 1. The van der Waals surface area contributed by atoms with Crippen molar-refractivity contribution in [1.82, 2.24) is 15.0 Å². The summed E-state index contributed by atoms with van der Waals surface area (Å²) in [4.78, 5) is 21.5. The minimum atomic E-state index is -0.190. The first kappa shape index (κ1) is 15.0. The topological polar surface area (TPSA) is 58.5 Å². The van der Waals surface area contributed by atoms with Crippen LogP contribution in [0.25, 0.3) is 11.0 Å². The van der Waals surface area contributed by atoms with Crippen LogP contribution in [0.3, 0.4) is 0 Å². The maximum Gasteiger partial charge on any atom is 0.243 e. The van der Waals surface area contributed by atoms with Crippen LogP contribution in [0, 0.1) is 0 Å². The molecule has 0 saturated carbocycles. The molecule has 120 valence electrons. The molecular weight excluding hydrogens is 320 g/mol. The fraction of sp³-hybridized carbons (Fsp3) is 0.222. The van der Waals surface area contributed by atoms with Crippen LogP contribution in [0.5, 0.6) is 0 Å². The first-order valence-corrected chi connectivity index (χ1v) is 8.84. The van der Waals surface area contributed by atoms with Gasteiger partial charge in [-0.25, -0.2) is 9.99 Å². The van der Waals surface area contributed by atoms with Crippen LogP contribution >= 0.6 is 11.3 Å². The Morgan fingerprint density at radius 2 is 2.12 bits per heavy atom. The maximum absolute atomic E-state index is 12.3. The van der Waals surface area contributed by atoms with E-state index in [1.165, 1.54) is 0 Å². The van der Waals surface area contributed by atoms with Crippen molar-refractivity contribution in [3.8, 4) is 0 Å². The lowest BCUT2D eigenvalue weighted by Crippen LogP contribution is -2.26. The minimum absolute atomic E-state index is 0.000174. The first-order valence-electron chi connectivity index (χ1n) is 7.90. The molecule has 0 unspecified atom stereocenters. The van der Waals surface area contributed by atoms with Crippen molar-refractivity contribution in [3.05, 3.63) is 58.5 Å². The summed E-state index contributed by atoms with van der Waals surface area (Å²) in [5.74, 6) is 0.000174. The molecule has 5 nitrogen and oxygen atoms in total. The van der Waals surface area contributed by atoms with Crippen molar-refractivity contribution in [1.29, 1.82) is 0 Å². The molecule has 3 heterocycles. The highest BCUT2D eigenvalue weighted by atomic mass is 32.1. The van der Waals surface area contributed by atoms with Crippen LogP contribution in [-0.4, -0.2) is 26.6 Å². The molecule has 1 aromatic carbocycles. The number of carbonyl (C=O) groups is 1. The molecule has 0 N–H and O–H groups in total. The molecule has 1 amide bonds. The molecule has 6 heteroatoms. The van der Waals surface area contributed by atoms with Gasteiger partial charge in [-0.2, -0.15) is 16.4 Å². The molecule has 4 rings (SSSR count). The zero-order valence-electron chi connectivity index (χ0n) is 13.2. The summed E-state index contributed by atoms with van der Waals surface area (Å²) in [6.45, 7) is 1.85. The second-order valence-electron chi connectivity index (χ2n) is 5.65. The molecule has 1 atom stereocenters. The molecule has 0 spiro atoms. The molecule has 2 aromatic heterocycles. The zero-order valence-corrected chi connectivity index (χ0v) is 14.0. The van der Waals surface area contributed by atoms with Gasteiger partial charge in [0.25, 0.3) is 0 Å². The van der Waals surface area contributed by atoms with Gasteiger partial charge >= 0.3 is 0 Å². The van der Waals surface area contributed by atoms with Crippen LogP contribution in [0.2, 0.25) is 0 Å². The normalized spacial score (nSPS) is 17.3. The van der Waals surface area contributed by atoms with Gasteiger partial charge in [-0.1, -0.05) is 19.1 Å². The van der Waals surface area contributed by atoms with Gasteiger partial charge in [0, 0.05) is 18.4 Å². The largest absolute Gasteiger partial charge is 0.273 e. The van der Waals surface area contributed by atoms with Gasteiger partial charge < -0.3 is 0 Å². The number of hydrazone groups is 1. The monoisotopic (exact) mass is 336 g/mol. The second-order valence-corrected chi connectivity index (χ2v) is 6.43. The fourth-order valence-corrected chi connectivity index (χ4v) is 3.53. The third-order valence-corrected chi connectivity index (χ3v) is 4.81. The number of benzene rings is 1. The number of amides is 1. The molecular formula is C18H16N4OS. The fourth-order valence-electron chi connectivity index (χ4n) is 2.87. The highest BCUT2D eigenvalue weighted by Crippen LogP contribution is 2.33. The maximum atomic E-state index is 12.3. The third-order valence-electron chi connectivity index (χ3n) is 4.13. The predicted molar refractivity (Wildman–Crippen MR) is 94.9 cm³/mol. The molecule has 1 aliphatic heterocycles. The number of thiophene rings is 1. The number of para-hydroxylation sites is 2. The van der Waals surface area contributed by atoms with Crippen molar-refractivity contribution in [2.45, 2.75) is 25.8 Å². The minimum Gasteiger partial charge on any atom is -0.273 e. The van der Waals surface area contributed by atoms with Gasteiger partial charge in [0.2, 0.25) is 5.91 Å². The van der Waals surface area contributed by atoms with Gasteiger partial charge in [-0.05, 0) is 29.0 Å². The van der Waals surface area contributed by atoms with Crippen LogP contribution < -0.4 is 0 Å². The smallest absolute Gasteiger partial charge is 0.243 e. The summed E-state index contributed by atoms with van der Waals surface area (Å²) >= 11 is 1.63. The number of carbonyl (C=O) groups excluding carboxylic acids is 1. The Balaban J connectivity index is 1.73. The van der Waals surface area contributed by atoms with Crippen LogP contribution in [-0.2, 0) is 4.79 Å². The van der Waals surface area contributed by atoms with E-state index in [4.69, 9.17) is 4.98 Å². The van der Waals surface area contributed by atoms with Crippen LogP contribution in [0.15, 0.2) is 52.4 Å². The summed E-state index contributed by atoms with van der Waals surface area (Å²) in [6.07, 6.45) is 2.84. The van der Waals surface area contributed by atoms with Crippen molar-refractivity contribution in [2.24, 2.45) is 5.10 Å². The molecule has 1 aliphatic rings. The van der Waals surface area contributed by atoms with E-state index in [2.05, 4.69) is 15.5 Å². The number of hydrogen-bond acceptors (Lipinski definition) is 5. The quantitative estimate of drug-likeness (QED) is 0.731. The van der Waals surface area contributed by atoms with Crippen LogP contribution in [0.1, 0.15) is 37.1 Å². The average molecular weight is 336 g/mol. The van der Waals surface area contributed by atoms with E-state index < -0.39 is 0 Å². The van der Waals surface area contributed by atoms with E-state index >= 15 is 0 Å². The third kappa shape index (κ3) is 2.59. The molecule has 3 aromatic rings. The Kier molecular flexibility index (Phi) is 3.82. The van der Waals surface area contributed by atoms with Crippen molar-refractivity contribution in [2.75, 3.05) is 0 Å². The van der Waals surface area contributed by atoms with Crippen LogP contribution in [0.4, 0.5) is 0 Å². The predicted octanol–water partition coefficient (Wildman–Crippen LogP) is 3.78. The Morgan fingerprint density at radius 3 is 2.88 bits per heavy atom. The van der Waals surface area contributed by atoms with E-state index in [1.807, 2.05) is 42.6 Å². The second kappa shape index (κ2) is 6.13. The molecule has 0 saturated heterocycles. The lowest BCUT2D eigenvalue weighted by Gasteiger charge is -2.20. The highest BCUT2D eigenvalue weighted by Gasteiger charge is 2.33. The van der Waals surface area contributed by atoms with E-state index in [0.717, 1.165) is 28.0 Å². The van der Waals surface area contributed by atoms with Gasteiger partial charge in [0.1, 0.15) is 6.04 Å². The zero-order chi connectivity index (χ0) is 16.5. The average Bonchev–Trinajstić information content (AvgIpc) is 3.30. The summed E-state index contributed by atoms with van der Waals surface area (Å²) in [5, 5.41) is 10.2. The van der Waals surface area contributed by atoms with E-state index in [9.17, 15) is 4.79 Å². The summed E-state index contributed by atoms with van der Waals surface area (Å²) in [6, 6.07) is 9.60. The Hall–Kier alpha value is -2.60. The number of rotatable bonds is 3. The molecule has 0 radical (unpaired) electrons. The Labute approximate surface area is 143 Å². The van der Waals surface area contributed by atoms with Gasteiger partial charge in [-0.3, -0.25) is 9.78 Å². The SMILES string of the molecule is CCC(=O)N1N=C(c2ccsc2)C[C@H]1c1cnc2ccccc2n1.